The number of hydrogen-bond donors (Lipinski definition) is 2. The number of ether oxygens (including phenoxy) is 1. The topological polar surface area (TPSA) is 98.0 Å². The van der Waals surface area contributed by atoms with Crippen LogP contribution in [0.15, 0.2) is 77.2 Å². The van der Waals surface area contributed by atoms with Gasteiger partial charge in [0.05, 0.1) is 19.7 Å². The Labute approximate surface area is 192 Å². The fraction of sp³-hybridized carbons (Fsp3) is 0.280. The molecular weight excluding hydrogens is 420 g/mol. The lowest BCUT2D eigenvalue weighted by molar-refractivity contribution is -0.696. The highest BCUT2D eigenvalue weighted by atomic mass is 16.5. The van der Waals surface area contributed by atoms with Crippen LogP contribution < -0.4 is 4.74 Å². The molecule has 0 aliphatic heterocycles. The second-order valence-electron chi connectivity index (χ2n) is 7.73. The molecule has 172 valence electrons. The van der Waals surface area contributed by atoms with E-state index < -0.39 is 5.91 Å². The van der Waals surface area contributed by atoms with Crippen molar-refractivity contribution >= 4 is 23.5 Å². The van der Waals surface area contributed by atoms with Crippen molar-refractivity contribution in [3.8, 4) is 5.75 Å². The van der Waals surface area contributed by atoms with Crippen LogP contribution in [0.25, 0.3) is 10.9 Å². The van der Waals surface area contributed by atoms with Gasteiger partial charge < -0.3 is 9.72 Å². The lowest BCUT2D eigenvalue weighted by Crippen LogP contribution is -2.30. The van der Waals surface area contributed by atoms with Crippen molar-refractivity contribution in [1.29, 1.82) is 0 Å². The molecule has 1 aliphatic rings. The first kappa shape index (κ1) is 23.9. The highest BCUT2D eigenvalue weighted by molar-refractivity contribution is 5.84. The fourth-order valence-electron chi connectivity index (χ4n) is 3.66. The molecule has 0 bridgehead atoms. The minimum Gasteiger partial charge on any atom is -0.497 e. The number of aromatic amines is 1. The Balaban J connectivity index is 1.64. The molecule has 0 radical (unpaired) electrons. The Morgan fingerprint density at radius 2 is 2.18 bits per heavy atom. The van der Waals surface area contributed by atoms with Crippen molar-refractivity contribution in [3.63, 3.8) is 0 Å². The molecule has 1 heterocycles. The standard InChI is InChI=1S/C25H29N4O4/c1-28(32)25(30)11-8-19-4-3-5-20(7-6-19)18-29(15-13-27-31)14-12-21-17-26-24-10-9-22(33-2)16-23(21)24/h4-11,16-17,26,32H,1,3,12-15,18H2,2H3/q+1. The van der Waals surface area contributed by atoms with Gasteiger partial charge in [-0.2, -0.15) is 4.91 Å². The number of amides is 1. The van der Waals surface area contributed by atoms with Gasteiger partial charge >= 0.3 is 5.91 Å². The zero-order chi connectivity index (χ0) is 23.6. The monoisotopic (exact) mass is 449 g/mol. The lowest BCUT2D eigenvalue weighted by Gasteiger charge is -2.21. The fourth-order valence-corrected chi connectivity index (χ4v) is 3.66. The molecule has 2 N–H and O–H groups in total. The molecule has 2 aromatic rings. The molecule has 1 amide bonds. The highest BCUT2D eigenvalue weighted by Crippen LogP contribution is 2.24. The summed E-state index contributed by atoms with van der Waals surface area (Å²) in [7, 11) is 1.66. The second-order valence-corrected chi connectivity index (χ2v) is 7.73. The number of carbonyl (C=O) groups is 1. The normalized spacial score (nSPS) is 13.8. The molecule has 8 nitrogen and oxygen atoms in total. The Morgan fingerprint density at radius 1 is 1.33 bits per heavy atom. The van der Waals surface area contributed by atoms with Gasteiger partial charge in [0.15, 0.2) is 6.72 Å². The van der Waals surface area contributed by atoms with Gasteiger partial charge in [0.25, 0.3) is 0 Å². The number of methoxy groups -OCH3 is 1. The van der Waals surface area contributed by atoms with Crippen molar-refractivity contribution in [2.24, 2.45) is 5.18 Å². The summed E-state index contributed by atoms with van der Waals surface area (Å²) in [5.74, 6) is 0.226. The summed E-state index contributed by atoms with van der Waals surface area (Å²) in [6.07, 6.45) is 14.5. The maximum absolute atomic E-state index is 11.5. The molecule has 0 atom stereocenters. The molecular formula is C25H29N4O4+. The number of rotatable bonds is 11. The van der Waals surface area contributed by atoms with E-state index in [9.17, 15) is 9.70 Å². The van der Waals surface area contributed by atoms with Gasteiger partial charge in [-0.3, -0.25) is 10.1 Å². The van der Waals surface area contributed by atoms with E-state index in [1.807, 2.05) is 42.6 Å². The van der Waals surface area contributed by atoms with E-state index in [-0.39, 0.29) is 6.54 Å². The first-order valence-electron chi connectivity index (χ1n) is 10.7. The third kappa shape index (κ3) is 6.85. The Hall–Kier alpha value is -3.78. The van der Waals surface area contributed by atoms with Crippen LogP contribution in [-0.2, 0) is 11.2 Å². The number of carbonyl (C=O) groups excluding carboxylic acids is 1. The van der Waals surface area contributed by atoms with Gasteiger partial charge in [0.1, 0.15) is 5.75 Å². The van der Waals surface area contributed by atoms with E-state index in [0.717, 1.165) is 40.8 Å². The zero-order valence-corrected chi connectivity index (χ0v) is 18.7. The molecule has 33 heavy (non-hydrogen) atoms. The Bertz CT molecular complexity index is 1140. The molecule has 0 saturated heterocycles. The van der Waals surface area contributed by atoms with Crippen molar-refractivity contribution in [2.45, 2.75) is 12.8 Å². The molecule has 1 aliphatic carbocycles. The van der Waals surface area contributed by atoms with Gasteiger partial charge in [-0.15, -0.1) is 0 Å². The molecule has 0 fully saturated rings. The van der Waals surface area contributed by atoms with Gasteiger partial charge in [-0.25, -0.2) is 4.79 Å². The molecule has 1 aromatic carbocycles. The van der Waals surface area contributed by atoms with Crippen molar-refractivity contribution in [1.82, 2.24) is 9.88 Å². The predicted molar refractivity (Wildman–Crippen MR) is 129 cm³/mol. The van der Waals surface area contributed by atoms with Crippen LogP contribution in [0, 0.1) is 4.91 Å². The highest BCUT2D eigenvalue weighted by Gasteiger charge is 2.12. The van der Waals surface area contributed by atoms with Crippen molar-refractivity contribution in [2.75, 3.05) is 33.3 Å². The van der Waals surface area contributed by atoms with E-state index in [1.165, 1.54) is 11.6 Å². The third-order valence-electron chi connectivity index (χ3n) is 5.48. The SMILES string of the molecule is C=[N+](O)C(=O)C=CC1=CCC=C(CN(CCN=O)CCc2c[nH]c3ccc(OC)cc23)C=C1. The first-order valence-corrected chi connectivity index (χ1v) is 10.7. The molecule has 8 heteroatoms. The van der Waals surface area contributed by atoms with Gasteiger partial charge in [0.2, 0.25) is 0 Å². The Kier molecular flexibility index (Phi) is 8.49. The number of fused-ring (bicyclic) bond motifs is 1. The number of allylic oxidation sites excluding steroid dienone is 5. The number of aromatic nitrogens is 1. The van der Waals surface area contributed by atoms with E-state index in [1.54, 1.807) is 13.2 Å². The smallest absolute Gasteiger partial charge is 0.458 e. The number of hydroxylamine groups is 1. The van der Waals surface area contributed by atoms with E-state index in [2.05, 4.69) is 27.9 Å². The van der Waals surface area contributed by atoms with E-state index >= 15 is 0 Å². The second kappa shape index (κ2) is 11.7. The van der Waals surface area contributed by atoms with Crippen molar-refractivity contribution < 1.29 is 19.5 Å². The van der Waals surface area contributed by atoms with Crippen LogP contribution in [0.4, 0.5) is 0 Å². The first-order chi connectivity index (χ1) is 16.0. The van der Waals surface area contributed by atoms with E-state index in [0.29, 0.717) is 24.2 Å². The average Bonchev–Trinajstić information content (AvgIpc) is 3.09. The summed E-state index contributed by atoms with van der Waals surface area (Å²) in [6, 6.07) is 5.97. The van der Waals surface area contributed by atoms with Gasteiger partial charge in [-0.05, 0) is 53.8 Å². The maximum atomic E-state index is 11.5. The van der Waals surface area contributed by atoms with Gasteiger partial charge in [-0.1, -0.05) is 29.5 Å². The van der Waals surface area contributed by atoms with Crippen LogP contribution in [0.2, 0.25) is 0 Å². The van der Waals surface area contributed by atoms with Crippen LogP contribution in [0.5, 0.6) is 5.75 Å². The van der Waals surface area contributed by atoms with Crippen LogP contribution in [0.1, 0.15) is 12.0 Å². The predicted octanol–water partition coefficient (Wildman–Crippen LogP) is 3.79. The molecule has 3 rings (SSSR count). The minimum absolute atomic E-state index is 0.232. The van der Waals surface area contributed by atoms with Crippen LogP contribution in [0.3, 0.4) is 0 Å². The largest absolute Gasteiger partial charge is 0.497 e. The number of hydrogen-bond acceptors (Lipinski definition) is 6. The third-order valence-corrected chi connectivity index (χ3v) is 5.48. The summed E-state index contributed by atoms with van der Waals surface area (Å²) in [4.78, 5) is 27.8. The minimum atomic E-state index is -0.593. The Morgan fingerprint density at radius 3 is 2.94 bits per heavy atom. The van der Waals surface area contributed by atoms with E-state index in [4.69, 9.17) is 9.94 Å². The summed E-state index contributed by atoms with van der Waals surface area (Å²) in [6.45, 7) is 5.41. The summed E-state index contributed by atoms with van der Waals surface area (Å²) >= 11 is 0. The molecule has 0 unspecified atom stereocenters. The van der Waals surface area contributed by atoms with Crippen LogP contribution in [-0.4, -0.2) is 65.7 Å². The number of nitrogens with zero attached hydrogens (tertiary/aromatic N) is 3. The maximum Gasteiger partial charge on any atom is 0.458 e. The average molecular weight is 450 g/mol. The van der Waals surface area contributed by atoms with Crippen molar-refractivity contribution in [3.05, 3.63) is 82.5 Å². The molecule has 0 saturated carbocycles. The summed E-state index contributed by atoms with van der Waals surface area (Å²) in [5, 5.41) is 13.2. The summed E-state index contributed by atoms with van der Waals surface area (Å²) < 4.78 is 5.65. The number of H-pyrrole nitrogens is 1. The molecule has 0 spiro atoms. The number of nitroso groups, excluding NO2 is 1. The quantitative estimate of drug-likeness (QED) is 0.103. The van der Waals surface area contributed by atoms with Crippen LogP contribution >= 0.6 is 0 Å². The summed E-state index contributed by atoms with van der Waals surface area (Å²) in [5.41, 5.74) is 4.24. The number of benzene rings is 1. The lowest BCUT2D eigenvalue weighted by atomic mass is 10.1. The molecule has 1 aromatic heterocycles. The zero-order valence-electron chi connectivity index (χ0n) is 18.7. The van der Waals surface area contributed by atoms with Gasteiger partial charge in [0, 0.05) is 41.5 Å². The number of nitrogens with one attached hydrogen (secondary N) is 1.